The molecule has 6 heteroatoms. The fraction of sp³-hybridized carbons (Fsp3) is 0.118. The quantitative estimate of drug-likeness (QED) is 0.142. The van der Waals surface area contributed by atoms with Crippen LogP contribution in [0.15, 0.2) is 211 Å². The number of pyridine rings is 1. The number of para-hydroxylation sites is 4. The van der Waals surface area contributed by atoms with Crippen LogP contribution in [0, 0.1) is 26.0 Å². The topological polar surface area (TPSA) is 48.8 Å². The molecule has 0 amide bonds. The number of fused-ring (bicyclic) bond motifs is 7. The Morgan fingerprint density at radius 2 is 1.12 bits per heavy atom. The van der Waals surface area contributed by atoms with Crippen molar-refractivity contribution in [3.05, 3.63) is 241 Å². The van der Waals surface area contributed by atoms with Gasteiger partial charge >= 0.3 is 0 Å². The van der Waals surface area contributed by atoms with Crippen molar-refractivity contribution in [3.63, 3.8) is 0 Å². The van der Waals surface area contributed by atoms with E-state index in [0.717, 1.165) is 66.9 Å². The average Bonchev–Trinajstić information content (AvgIpc) is 4.13. The molecule has 13 aromatic rings. The molecule has 0 spiro atoms. The van der Waals surface area contributed by atoms with E-state index in [-0.39, 0.29) is 31.9 Å². The van der Waals surface area contributed by atoms with Crippen molar-refractivity contribution in [2.24, 2.45) is 0 Å². The van der Waals surface area contributed by atoms with Crippen molar-refractivity contribution in [2.45, 2.75) is 53.4 Å². The van der Waals surface area contributed by atoms with Crippen LogP contribution in [0.3, 0.4) is 0 Å². The van der Waals surface area contributed by atoms with E-state index in [1.54, 1.807) is 0 Å². The van der Waals surface area contributed by atoms with Gasteiger partial charge in [-0.2, -0.15) is 0 Å². The third-order valence-electron chi connectivity index (χ3n) is 14.3. The SMILES string of the molecule is CC(C)c1cc(-c2ccccc2)cc(C(C)C)c1-n1c(-c2[c-]ccc3c2oc2cc(-c4ccccc4)ccc23)nc2ccccc21.Cc1cccc2c3cccc(C)c3n(-c3cc[c-]c(-c4ccccn4)c3)c12.[Ir]. The minimum absolute atomic E-state index is 0. The van der Waals surface area contributed by atoms with E-state index in [1.165, 1.54) is 66.4 Å². The molecule has 0 unspecified atom stereocenters. The molecule has 0 bridgehead atoms. The van der Waals surface area contributed by atoms with Gasteiger partial charge in [0.25, 0.3) is 0 Å². The molecule has 0 aliphatic heterocycles. The second kappa shape index (κ2) is 20.0. The van der Waals surface area contributed by atoms with E-state index in [4.69, 9.17) is 9.40 Å². The van der Waals surface area contributed by atoms with E-state index >= 15 is 0 Å². The molecule has 74 heavy (non-hydrogen) atoms. The zero-order valence-corrected chi connectivity index (χ0v) is 44.7. The maximum absolute atomic E-state index is 6.73. The van der Waals surface area contributed by atoms with Crippen molar-refractivity contribution in [1.82, 2.24) is 19.1 Å². The second-order valence-corrected chi connectivity index (χ2v) is 19.7. The average molecular weight is 1140 g/mol. The summed E-state index contributed by atoms with van der Waals surface area (Å²) in [4.78, 5) is 9.79. The molecule has 0 saturated heterocycles. The summed E-state index contributed by atoms with van der Waals surface area (Å²) in [5.74, 6) is 1.41. The molecule has 13 rings (SSSR count). The summed E-state index contributed by atoms with van der Waals surface area (Å²) < 4.78 is 11.5. The minimum Gasteiger partial charge on any atom is -0.501 e. The number of furan rings is 1. The third kappa shape index (κ3) is 8.54. The predicted octanol–water partition coefficient (Wildman–Crippen LogP) is 18.2. The molecular weight excluding hydrogens is 1080 g/mol. The summed E-state index contributed by atoms with van der Waals surface area (Å²) in [5.41, 5.74) is 21.2. The van der Waals surface area contributed by atoms with E-state index in [0.29, 0.717) is 0 Å². The maximum atomic E-state index is 6.73. The van der Waals surface area contributed by atoms with E-state index in [9.17, 15) is 0 Å². The summed E-state index contributed by atoms with van der Waals surface area (Å²) in [5, 5.41) is 4.74. The van der Waals surface area contributed by atoms with Crippen LogP contribution in [0.1, 0.15) is 61.8 Å². The molecule has 4 heterocycles. The van der Waals surface area contributed by atoms with Crippen LogP contribution in [0.25, 0.3) is 111 Å². The van der Waals surface area contributed by atoms with Gasteiger partial charge in [-0.3, -0.25) is 4.98 Å². The molecule has 4 aromatic heterocycles. The van der Waals surface area contributed by atoms with Crippen LogP contribution in [0.4, 0.5) is 0 Å². The second-order valence-electron chi connectivity index (χ2n) is 19.7. The Labute approximate surface area is 446 Å². The molecule has 5 nitrogen and oxygen atoms in total. The van der Waals surface area contributed by atoms with E-state index < -0.39 is 0 Å². The Balaban J connectivity index is 0.000000179. The van der Waals surface area contributed by atoms with Crippen LogP contribution in [-0.4, -0.2) is 19.1 Å². The molecule has 1 radical (unpaired) electrons. The van der Waals surface area contributed by atoms with Gasteiger partial charge in [0.1, 0.15) is 5.58 Å². The first kappa shape index (κ1) is 48.1. The van der Waals surface area contributed by atoms with E-state index in [1.807, 2.05) is 42.6 Å². The number of imidazole rings is 1. The maximum Gasteiger partial charge on any atom is 0.121 e. The molecule has 0 N–H and O–H groups in total. The molecule has 0 saturated carbocycles. The minimum atomic E-state index is 0. The van der Waals surface area contributed by atoms with Gasteiger partial charge in [0.05, 0.1) is 33.5 Å². The predicted molar refractivity (Wildman–Crippen MR) is 304 cm³/mol. The first-order valence-electron chi connectivity index (χ1n) is 25.3. The zero-order valence-electron chi connectivity index (χ0n) is 42.3. The third-order valence-corrected chi connectivity index (χ3v) is 14.3. The van der Waals surface area contributed by atoms with Gasteiger partial charge < -0.3 is 18.5 Å². The molecule has 0 aliphatic carbocycles. The first-order valence-corrected chi connectivity index (χ1v) is 25.3. The van der Waals surface area contributed by atoms with Crippen molar-refractivity contribution in [2.75, 3.05) is 0 Å². The van der Waals surface area contributed by atoms with Crippen LogP contribution in [-0.2, 0) is 20.1 Å². The Bertz CT molecular complexity index is 4080. The summed E-state index contributed by atoms with van der Waals surface area (Å²) in [6, 6.07) is 77.2. The molecular formula is C68H54IrN4O-2. The summed E-state index contributed by atoms with van der Waals surface area (Å²) in [6.07, 6.45) is 1.82. The largest absolute Gasteiger partial charge is 0.501 e. The standard InChI is InChI=1S/C43H35N2O.C25H19N2.Ir/c1-27(2)36-24-32(30-16-9-6-10-17-30)25-37(28(3)4)41(36)45-39-21-12-11-20-38(39)44-43(45)35-19-13-18-34-33-23-22-31(26-40(33)46-42(34)35)29-14-7-5-8-15-29;1-17-8-5-12-21-22-13-6-9-18(2)25(22)27(24(17)21)20-11-7-10-19(16-20)23-14-3-4-15-26-23;/h5-18,20-28H,1-4H3;3-9,11-16H,1-2H3;/q2*-1;. The smallest absolute Gasteiger partial charge is 0.121 e. The molecule has 0 fully saturated rings. The zero-order chi connectivity index (χ0) is 49.7. The molecule has 9 aromatic carbocycles. The number of aromatic nitrogens is 4. The molecule has 0 aliphatic rings. The van der Waals surface area contributed by atoms with E-state index in [2.05, 4.69) is 232 Å². The van der Waals surface area contributed by atoms with Gasteiger partial charge in [-0.1, -0.05) is 172 Å². The van der Waals surface area contributed by atoms with Crippen molar-refractivity contribution >= 4 is 54.8 Å². The number of nitrogens with zero attached hydrogens (tertiary/aromatic N) is 4. The Kier molecular flexibility index (Phi) is 13.0. The van der Waals surface area contributed by atoms with Crippen LogP contribution in [0.2, 0.25) is 0 Å². The number of hydrogen-bond acceptors (Lipinski definition) is 3. The van der Waals surface area contributed by atoms with Gasteiger partial charge in [0.2, 0.25) is 0 Å². The van der Waals surface area contributed by atoms with Crippen LogP contribution >= 0.6 is 0 Å². The number of benzene rings is 9. The summed E-state index contributed by atoms with van der Waals surface area (Å²) >= 11 is 0. The Morgan fingerprint density at radius 1 is 0.500 bits per heavy atom. The normalized spacial score (nSPS) is 11.5. The first-order chi connectivity index (χ1) is 35.7. The monoisotopic (exact) mass is 1140 g/mol. The van der Waals surface area contributed by atoms with Crippen LogP contribution < -0.4 is 0 Å². The van der Waals surface area contributed by atoms with Gasteiger partial charge in [-0.15, -0.1) is 48.0 Å². The summed E-state index contributed by atoms with van der Waals surface area (Å²) in [6.45, 7) is 13.5. The molecule has 363 valence electrons. The number of hydrogen-bond donors (Lipinski definition) is 0. The fourth-order valence-electron chi connectivity index (χ4n) is 10.7. The Morgan fingerprint density at radius 3 is 1.77 bits per heavy atom. The summed E-state index contributed by atoms with van der Waals surface area (Å²) in [7, 11) is 0. The Hall–Kier alpha value is -8.15. The van der Waals surface area contributed by atoms with Crippen molar-refractivity contribution in [3.8, 4) is 56.3 Å². The van der Waals surface area contributed by atoms with Gasteiger partial charge in [-0.05, 0) is 118 Å². The van der Waals surface area contributed by atoms with Crippen molar-refractivity contribution < 1.29 is 24.5 Å². The fourth-order valence-corrected chi connectivity index (χ4v) is 10.7. The number of rotatable bonds is 8. The van der Waals surface area contributed by atoms with Gasteiger partial charge in [0, 0.05) is 48.1 Å². The van der Waals surface area contributed by atoms with Gasteiger partial charge in [0.15, 0.2) is 0 Å². The number of aryl methyl sites for hydroxylation is 2. The van der Waals surface area contributed by atoms with Crippen molar-refractivity contribution in [1.29, 1.82) is 0 Å². The van der Waals surface area contributed by atoms with Gasteiger partial charge in [-0.25, -0.2) is 0 Å². The molecule has 0 atom stereocenters. The van der Waals surface area contributed by atoms with Crippen LogP contribution in [0.5, 0.6) is 0 Å².